The van der Waals surface area contributed by atoms with Gasteiger partial charge in [0.15, 0.2) is 0 Å². The Balaban J connectivity index is 1.89. The van der Waals surface area contributed by atoms with Gasteiger partial charge in [0.05, 0.1) is 13.2 Å². The first-order chi connectivity index (χ1) is 11.2. The van der Waals surface area contributed by atoms with E-state index < -0.39 is 0 Å². The van der Waals surface area contributed by atoms with E-state index in [0.29, 0.717) is 17.2 Å². The number of rotatable bonds is 5. The SMILES string of the molecule is COc1ccc(C(Nc2ccc(Cl)cc2)C2CCCC2=O)cc1. The van der Waals surface area contributed by atoms with Crippen molar-refractivity contribution in [1.29, 1.82) is 0 Å². The summed E-state index contributed by atoms with van der Waals surface area (Å²) in [6.45, 7) is 0. The lowest BCUT2D eigenvalue weighted by molar-refractivity contribution is -0.121. The molecule has 1 N–H and O–H groups in total. The fourth-order valence-electron chi connectivity index (χ4n) is 3.15. The van der Waals surface area contributed by atoms with Gasteiger partial charge in [-0.1, -0.05) is 23.7 Å². The summed E-state index contributed by atoms with van der Waals surface area (Å²) in [4.78, 5) is 12.3. The molecule has 0 aromatic heterocycles. The Kier molecular flexibility index (Phi) is 4.87. The topological polar surface area (TPSA) is 38.3 Å². The van der Waals surface area contributed by atoms with Crippen molar-refractivity contribution in [2.75, 3.05) is 12.4 Å². The van der Waals surface area contributed by atoms with Gasteiger partial charge in [0.2, 0.25) is 0 Å². The molecule has 2 aromatic rings. The molecule has 23 heavy (non-hydrogen) atoms. The van der Waals surface area contributed by atoms with Crippen molar-refractivity contribution in [2.45, 2.75) is 25.3 Å². The molecule has 3 nitrogen and oxygen atoms in total. The molecule has 0 spiro atoms. The van der Waals surface area contributed by atoms with Crippen LogP contribution >= 0.6 is 11.6 Å². The molecule has 4 heteroatoms. The molecule has 0 heterocycles. The summed E-state index contributed by atoms with van der Waals surface area (Å²) < 4.78 is 5.22. The van der Waals surface area contributed by atoms with E-state index in [9.17, 15) is 4.79 Å². The Morgan fingerprint density at radius 3 is 2.39 bits per heavy atom. The summed E-state index contributed by atoms with van der Waals surface area (Å²) in [6, 6.07) is 15.5. The lowest BCUT2D eigenvalue weighted by atomic mass is 9.90. The largest absolute Gasteiger partial charge is 0.497 e. The van der Waals surface area contributed by atoms with Gasteiger partial charge in [0.1, 0.15) is 11.5 Å². The molecule has 0 bridgehead atoms. The van der Waals surface area contributed by atoms with Crippen LogP contribution in [0.1, 0.15) is 30.9 Å². The number of hydrogen-bond donors (Lipinski definition) is 1. The Hall–Kier alpha value is -2.00. The highest BCUT2D eigenvalue weighted by Gasteiger charge is 2.33. The lowest BCUT2D eigenvalue weighted by Crippen LogP contribution is -2.24. The van der Waals surface area contributed by atoms with E-state index in [2.05, 4.69) is 5.32 Å². The fraction of sp³-hybridized carbons (Fsp3) is 0.316. The normalized spacial score (nSPS) is 18.7. The molecule has 0 saturated heterocycles. The van der Waals surface area contributed by atoms with Crippen LogP contribution in [-0.4, -0.2) is 12.9 Å². The molecule has 0 radical (unpaired) electrons. The average Bonchev–Trinajstić information content (AvgIpc) is 3.00. The smallest absolute Gasteiger partial charge is 0.138 e. The third-order valence-electron chi connectivity index (χ3n) is 4.40. The van der Waals surface area contributed by atoms with Crippen molar-refractivity contribution in [1.82, 2.24) is 0 Å². The van der Waals surface area contributed by atoms with Crippen LogP contribution in [-0.2, 0) is 4.79 Å². The zero-order valence-electron chi connectivity index (χ0n) is 13.1. The summed E-state index contributed by atoms with van der Waals surface area (Å²) in [5, 5.41) is 4.21. The molecule has 3 rings (SSSR count). The van der Waals surface area contributed by atoms with E-state index >= 15 is 0 Å². The van der Waals surface area contributed by atoms with E-state index in [0.717, 1.165) is 29.8 Å². The van der Waals surface area contributed by atoms with Gasteiger partial charge in [-0.15, -0.1) is 0 Å². The minimum Gasteiger partial charge on any atom is -0.497 e. The van der Waals surface area contributed by atoms with Crippen molar-refractivity contribution in [3.05, 3.63) is 59.1 Å². The van der Waals surface area contributed by atoms with Crippen LogP contribution in [0.3, 0.4) is 0 Å². The van der Waals surface area contributed by atoms with Crippen molar-refractivity contribution in [3.63, 3.8) is 0 Å². The Labute approximate surface area is 141 Å². The van der Waals surface area contributed by atoms with Gasteiger partial charge in [0.25, 0.3) is 0 Å². The summed E-state index contributed by atoms with van der Waals surface area (Å²) in [7, 11) is 1.65. The highest BCUT2D eigenvalue weighted by molar-refractivity contribution is 6.30. The first-order valence-corrected chi connectivity index (χ1v) is 8.24. The van der Waals surface area contributed by atoms with Crippen LogP contribution in [0.5, 0.6) is 5.75 Å². The molecule has 1 aliphatic carbocycles. The fourth-order valence-corrected chi connectivity index (χ4v) is 3.27. The molecule has 0 amide bonds. The molecule has 2 unspecified atom stereocenters. The third-order valence-corrected chi connectivity index (χ3v) is 4.65. The highest BCUT2D eigenvalue weighted by atomic mass is 35.5. The van der Waals surface area contributed by atoms with Crippen molar-refractivity contribution in [3.8, 4) is 5.75 Å². The zero-order chi connectivity index (χ0) is 16.2. The van der Waals surface area contributed by atoms with E-state index in [1.165, 1.54) is 0 Å². The average molecular weight is 330 g/mol. The third kappa shape index (κ3) is 3.67. The number of carbonyl (C=O) groups is 1. The number of ether oxygens (including phenoxy) is 1. The van der Waals surface area contributed by atoms with Crippen LogP contribution in [0.4, 0.5) is 5.69 Å². The van der Waals surface area contributed by atoms with Crippen molar-refractivity contribution in [2.24, 2.45) is 5.92 Å². The predicted octanol–water partition coefficient (Wildman–Crippen LogP) is 4.87. The Morgan fingerprint density at radius 1 is 1.13 bits per heavy atom. The van der Waals surface area contributed by atoms with E-state index in [1.54, 1.807) is 7.11 Å². The van der Waals surface area contributed by atoms with Crippen molar-refractivity contribution < 1.29 is 9.53 Å². The molecule has 1 aliphatic rings. The molecule has 0 aliphatic heterocycles. The van der Waals surface area contributed by atoms with E-state index in [4.69, 9.17) is 16.3 Å². The minimum atomic E-state index is -0.0305. The van der Waals surface area contributed by atoms with Crippen LogP contribution in [0.25, 0.3) is 0 Å². The van der Waals surface area contributed by atoms with Gasteiger partial charge in [-0.05, 0) is 54.8 Å². The van der Waals surface area contributed by atoms with Crippen LogP contribution in [0, 0.1) is 5.92 Å². The van der Waals surface area contributed by atoms with Gasteiger partial charge >= 0.3 is 0 Å². The quantitative estimate of drug-likeness (QED) is 0.850. The summed E-state index contributed by atoms with van der Waals surface area (Å²) >= 11 is 5.95. The predicted molar refractivity (Wildman–Crippen MR) is 93.2 cm³/mol. The molecule has 1 fully saturated rings. The molecule has 2 aromatic carbocycles. The number of benzene rings is 2. The molecular weight excluding hydrogens is 310 g/mol. The number of ketones is 1. The second kappa shape index (κ2) is 7.05. The molecule has 1 saturated carbocycles. The number of Topliss-reactive ketones (excluding diaryl/α,β-unsaturated/α-hetero) is 1. The number of hydrogen-bond acceptors (Lipinski definition) is 3. The molecular formula is C19H20ClNO2. The number of halogens is 1. The summed E-state index contributed by atoms with van der Waals surface area (Å²) in [5.41, 5.74) is 2.07. The lowest BCUT2D eigenvalue weighted by Gasteiger charge is -2.25. The van der Waals surface area contributed by atoms with Crippen LogP contribution in [0.15, 0.2) is 48.5 Å². The van der Waals surface area contributed by atoms with Gasteiger partial charge in [-0.2, -0.15) is 0 Å². The summed E-state index contributed by atoms with van der Waals surface area (Å²) in [6.07, 6.45) is 2.58. The zero-order valence-corrected chi connectivity index (χ0v) is 13.8. The maximum absolute atomic E-state index is 12.3. The van der Waals surface area contributed by atoms with Gasteiger partial charge < -0.3 is 10.1 Å². The first kappa shape index (κ1) is 15.9. The maximum Gasteiger partial charge on any atom is 0.138 e. The molecule has 2 atom stereocenters. The highest BCUT2D eigenvalue weighted by Crippen LogP contribution is 2.36. The number of methoxy groups -OCH3 is 1. The monoisotopic (exact) mass is 329 g/mol. The van der Waals surface area contributed by atoms with Gasteiger partial charge in [0, 0.05) is 23.0 Å². The van der Waals surface area contributed by atoms with Gasteiger partial charge in [-0.3, -0.25) is 4.79 Å². The van der Waals surface area contributed by atoms with E-state index in [-0.39, 0.29) is 12.0 Å². The van der Waals surface area contributed by atoms with Gasteiger partial charge in [-0.25, -0.2) is 0 Å². The number of anilines is 1. The second-order valence-electron chi connectivity index (χ2n) is 5.87. The molecule has 120 valence electrons. The number of carbonyl (C=O) groups excluding carboxylic acids is 1. The maximum atomic E-state index is 12.3. The van der Waals surface area contributed by atoms with E-state index in [1.807, 2.05) is 48.5 Å². The van der Waals surface area contributed by atoms with Crippen LogP contribution in [0.2, 0.25) is 5.02 Å². The number of nitrogens with one attached hydrogen (secondary N) is 1. The standard InChI is InChI=1S/C19H20ClNO2/c1-23-16-11-5-13(6-12-16)19(17-3-2-4-18(17)22)21-15-9-7-14(20)8-10-15/h5-12,17,19,21H,2-4H2,1H3. The first-order valence-electron chi connectivity index (χ1n) is 7.86. The minimum absolute atomic E-state index is 0.0130. The van der Waals surface area contributed by atoms with Crippen LogP contribution < -0.4 is 10.1 Å². The Bertz CT molecular complexity index is 667. The second-order valence-corrected chi connectivity index (χ2v) is 6.30. The Morgan fingerprint density at radius 2 is 1.83 bits per heavy atom. The summed E-state index contributed by atoms with van der Waals surface area (Å²) in [5.74, 6) is 1.17. The van der Waals surface area contributed by atoms with Crippen molar-refractivity contribution >= 4 is 23.1 Å².